The van der Waals surface area contributed by atoms with Gasteiger partial charge in [0.05, 0.1) is 16.1 Å². The van der Waals surface area contributed by atoms with Crippen LogP contribution in [0.4, 0.5) is 14.5 Å². The molecule has 0 bridgehead atoms. The van der Waals surface area contributed by atoms with Crippen LogP contribution in [-0.4, -0.2) is 66.9 Å². The first-order valence-corrected chi connectivity index (χ1v) is 13.6. The Morgan fingerprint density at radius 2 is 1.65 bits per heavy atom. The van der Waals surface area contributed by atoms with E-state index in [1.165, 1.54) is 24.3 Å². The van der Waals surface area contributed by atoms with Crippen LogP contribution in [0.1, 0.15) is 44.2 Å². The minimum absolute atomic E-state index is 0. The molecule has 2 N–H and O–H groups in total. The first kappa shape index (κ1) is 32.8. The molecule has 4 atom stereocenters. The third-order valence-corrected chi connectivity index (χ3v) is 8.66. The van der Waals surface area contributed by atoms with Crippen molar-refractivity contribution >= 4 is 65.5 Å². The van der Waals surface area contributed by atoms with Crippen LogP contribution in [0, 0.1) is 17.0 Å². The summed E-state index contributed by atoms with van der Waals surface area (Å²) in [4.78, 5) is 32.2. The van der Waals surface area contributed by atoms with E-state index in [2.05, 4.69) is 36.3 Å². The number of hydrogen-bond acceptors (Lipinski definition) is 4. The van der Waals surface area contributed by atoms with Gasteiger partial charge in [-0.05, 0) is 54.3 Å². The lowest BCUT2D eigenvalue weighted by Crippen LogP contribution is -2.53. The molecule has 0 radical (unpaired) electrons. The van der Waals surface area contributed by atoms with Crippen LogP contribution in [0.15, 0.2) is 30.3 Å². The molecule has 12 heteroatoms. The summed E-state index contributed by atoms with van der Waals surface area (Å²) in [5, 5.41) is 6.22. The Morgan fingerprint density at radius 3 is 2.25 bits per heavy atom. The van der Waals surface area contributed by atoms with Crippen molar-refractivity contribution < 1.29 is 18.4 Å². The summed E-state index contributed by atoms with van der Waals surface area (Å²) in [6.07, 6.45) is 0.516. The van der Waals surface area contributed by atoms with Crippen molar-refractivity contribution in [1.82, 2.24) is 15.1 Å². The SMILES string of the molecule is CN1CCN(C(=O)[C@@H]2N[C@H](CC(C)(C)C)[C@]3(C(=O)Nc4cc(Cl)c(F)cc43)[C@H]2c2ccc(F)c(Cl)c2)CC1.Cl.Cl. The Hall–Kier alpha value is -1.68. The number of nitrogens with one attached hydrogen (secondary N) is 2. The molecular weight excluding hydrogens is 604 g/mol. The molecule has 0 aromatic heterocycles. The van der Waals surface area contributed by atoms with Crippen molar-refractivity contribution in [2.75, 3.05) is 38.5 Å². The van der Waals surface area contributed by atoms with Crippen LogP contribution in [0.3, 0.4) is 0 Å². The smallest absolute Gasteiger partial charge is 0.240 e. The lowest BCUT2D eigenvalue weighted by Gasteiger charge is -2.38. The predicted molar refractivity (Wildman–Crippen MR) is 159 cm³/mol. The Balaban J connectivity index is 0.00000220. The van der Waals surface area contributed by atoms with E-state index in [4.69, 9.17) is 23.2 Å². The van der Waals surface area contributed by atoms with Crippen LogP contribution in [0.5, 0.6) is 0 Å². The average Bonchev–Trinajstić information content (AvgIpc) is 3.30. The van der Waals surface area contributed by atoms with Crippen LogP contribution >= 0.6 is 48.0 Å². The van der Waals surface area contributed by atoms with E-state index < -0.39 is 35.1 Å². The van der Waals surface area contributed by atoms with Gasteiger partial charge in [-0.2, -0.15) is 0 Å². The number of nitrogens with zero attached hydrogens (tertiary/aromatic N) is 2. The van der Waals surface area contributed by atoms with Gasteiger partial charge in [0, 0.05) is 43.8 Å². The van der Waals surface area contributed by atoms with Gasteiger partial charge in [0.25, 0.3) is 0 Å². The third-order valence-electron chi connectivity index (χ3n) is 8.08. The highest BCUT2D eigenvalue weighted by Crippen LogP contribution is 2.57. The lowest BCUT2D eigenvalue weighted by atomic mass is 9.62. The Labute approximate surface area is 255 Å². The van der Waals surface area contributed by atoms with Crippen LogP contribution in [0.25, 0.3) is 0 Å². The van der Waals surface area contributed by atoms with E-state index in [9.17, 15) is 18.4 Å². The van der Waals surface area contributed by atoms with Gasteiger partial charge in [-0.3, -0.25) is 9.59 Å². The Morgan fingerprint density at radius 1 is 1.02 bits per heavy atom. The fourth-order valence-corrected chi connectivity index (χ4v) is 6.70. The van der Waals surface area contributed by atoms with E-state index in [1.54, 1.807) is 11.0 Å². The van der Waals surface area contributed by atoms with Gasteiger partial charge < -0.3 is 20.4 Å². The highest BCUT2D eigenvalue weighted by molar-refractivity contribution is 6.31. The molecule has 6 nitrogen and oxygen atoms in total. The Bertz CT molecular complexity index is 1300. The van der Waals surface area contributed by atoms with Crippen molar-refractivity contribution in [2.24, 2.45) is 5.41 Å². The van der Waals surface area contributed by atoms with Crippen molar-refractivity contribution in [1.29, 1.82) is 0 Å². The quantitative estimate of drug-likeness (QED) is 0.457. The number of fused-ring (bicyclic) bond motifs is 2. The topological polar surface area (TPSA) is 64.7 Å². The maximum Gasteiger partial charge on any atom is 0.240 e. The summed E-state index contributed by atoms with van der Waals surface area (Å²) in [6, 6.07) is 5.66. The summed E-state index contributed by atoms with van der Waals surface area (Å²) in [5.41, 5.74) is -0.221. The van der Waals surface area contributed by atoms with Gasteiger partial charge in [0.1, 0.15) is 17.0 Å². The molecule has 2 aromatic carbocycles. The normalized spacial score (nSPS) is 26.2. The zero-order valence-electron chi connectivity index (χ0n) is 22.7. The molecule has 0 saturated carbocycles. The number of anilines is 1. The average molecular weight is 638 g/mol. The highest BCUT2D eigenvalue weighted by Gasteiger charge is 2.66. The maximum atomic E-state index is 15.0. The summed E-state index contributed by atoms with van der Waals surface area (Å²) in [7, 11) is 2.01. The predicted octanol–water partition coefficient (Wildman–Crippen LogP) is 5.64. The van der Waals surface area contributed by atoms with E-state index in [0.29, 0.717) is 36.3 Å². The number of halogens is 6. The van der Waals surface area contributed by atoms with Gasteiger partial charge in [0.2, 0.25) is 11.8 Å². The van der Waals surface area contributed by atoms with Crippen LogP contribution in [-0.2, 0) is 15.0 Å². The maximum absolute atomic E-state index is 15.0. The van der Waals surface area contributed by atoms with Crippen molar-refractivity contribution in [2.45, 2.75) is 50.6 Å². The Kier molecular flexibility index (Phi) is 9.77. The van der Waals surface area contributed by atoms with Crippen LogP contribution < -0.4 is 10.6 Å². The zero-order chi connectivity index (χ0) is 27.6. The van der Waals surface area contributed by atoms with Crippen LogP contribution in [0.2, 0.25) is 10.0 Å². The van der Waals surface area contributed by atoms with Crippen molar-refractivity contribution in [3.8, 4) is 0 Å². The fourth-order valence-electron chi connectivity index (χ4n) is 6.35. The van der Waals surface area contributed by atoms with E-state index >= 15 is 0 Å². The third kappa shape index (κ3) is 5.55. The molecule has 1 spiro atoms. The van der Waals surface area contributed by atoms with Crippen molar-refractivity contribution in [3.63, 3.8) is 0 Å². The van der Waals surface area contributed by atoms with Gasteiger partial charge in [0.15, 0.2) is 0 Å². The van der Waals surface area contributed by atoms with E-state index in [1.807, 2.05) is 7.05 Å². The molecule has 2 aromatic rings. The second-order valence-corrected chi connectivity index (χ2v) is 12.7. The van der Waals surface area contributed by atoms with E-state index in [0.717, 1.165) is 13.1 Å². The second kappa shape index (κ2) is 11.9. The van der Waals surface area contributed by atoms with Crippen molar-refractivity contribution in [3.05, 3.63) is 63.1 Å². The minimum Gasteiger partial charge on any atom is -0.339 e. The number of piperazine rings is 1. The standard InChI is InChI=1S/C28H32Cl2F2N4O2.2ClH/c1-27(2,3)14-22-28(16-12-20(32)18(30)13-21(16)33-26(28)38)23(15-5-6-19(31)17(29)11-15)24(34-22)25(37)36-9-7-35(4)8-10-36;;/h5-6,11-13,22-24,34H,7-10,14H2,1-4H3,(H,33,38);2*1H/t22-,23+,24-,28+;;/m1../s1. The number of rotatable bonds is 3. The van der Waals surface area contributed by atoms with Gasteiger partial charge in [-0.25, -0.2) is 8.78 Å². The number of carbonyl (C=O) groups excluding carboxylic acids is 2. The molecule has 220 valence electrons. The molecule has 2 amide bonds. The molecule has 5 rings (SSSR count). The minimum atomic E-state index is -1.36. The molecule has 2 saturated heterocycles. The molecule has 3 heterocycles. The monoisotopic (exact) mass is 636 g/mol. The van der Waals surface area contributed by atoms with Gasteiger partial charge in [-0.15, -0.1) is 24.8 Å². The first-order chi connectivity index (χ1) is 17.8. The summed E-state index contributed by atoms with van der Waals surface area (Å²) < 4.78 is 29.3. The zero-order valence-corrected chi connectivity index (χ0v) is 25.8. The van der Waals surface area contributed by atoms with Gasteiger partial charge in [-0.1, -0.05) is 50.0 Å². The molecule has 2 fully saturated rings. The molecule has 3 aliphatic rings. The second-order valence-electron chi connectivity index (χ2n) is 11.9. The fraction of sp³-hybridized carbons (Fsp3) is 0.500. The number of likely N-dealkylation sites (N-methyl/N-ethyl adjacent to an activating group) is 1. The molecule has 0 aliphatic carbocycles. The number of hydrogen-bond donors (Lipinski definition) is 2. The van der Waals surface area contributed by atoms with Gasteiger partial charge >= 0.3 is 0 Å². The number of benzene rings is 2. The summed E-state index contributed by atoms with van der Waals surface area (Å²) in [5.74, 6) is -2.52. The molecule has 40 heavy (non-hydrogen) atoms. The molecular formula is C28H34Cl4F2N4O2. The number of carbonyl (C=O) groups is 2. The summed E-state index contributed by atoms with van der Waals surface area (Å²) >= 11 is 12.3. The first-order valence-electron chi connectivity index (χ1n) is 12.8. The largest absolute Gasteiger partial charge is 0.339 e. The van der Waals surface area contributed by atoms with E-state index in [-0.39, 0.29) is 52.1 Å². The lowest BCUT2D eigenvalue weighted by molar-refractivity contribution is -0.135. The molecule has 0 unspecified atom stereocenters. The summed E-state index contributed by atoms with van der Waals surface area (Å²) in [6.45, 7) is 8.72. The number of amides is 2. The molecule has 3 aliphatic heterocycles. The highest BCUT2D eigenvalue weighted by atomic mass is 35.5.